The largest absolute Gasteiger partial charge is 0.351 e. The number of hydrogen-bond acceptors (Lipinski definition) is 3. The Morgan fingerprint density at radius 3 is 2.54 bits per heavy atom. The number of halogens is 2. The molecule has 2 N–H and O–H groups in total. The van der Waals surface area contributed by atoms with E-state index in [2.05, 4.69) is 19.2 Å². The molecule has 0 aliphatic carbocycles. The van der Waals surface area contributed by atoms with Crippen molar-refractivity contribution in [1.82, 2.24) is 9.62 Å². The summed E-state index contributed by atoms with van der Waals surface area (Å²) in [6.45, 7) is 6.27. The highest BCUT2D eigenvalue weighted by Gasteiger charge is 2.33. The van der Waals surface area contributed by atoms with Crippen LogP contribution in [-0.4, -0.2) is 57.9 Å². The highest BCUT2D eigenvalue weighted by molar-refractivity contribution is 7.89. The van der Waals surface area contributed by atoms with Crippen LogP contribution in [0.5, 0.6) is 0 Å². The average Bonchev–Trinajstić information content (AvgIpc) is 2.57. The molecule has 0 bridgehead atoms. The van der Waals surface area contributed by atoms with Gasteiger partial charge >= 0.3 is 0 Å². The third kappa shape index (κ3) is 5.46. The third-order valence-corrected chi connectivity index (χ3v) is 6.31. The lowest BCUT2D eigenvalue weighted by molar-refractivity contribution is -0.895. The van der Waals surface area contributed by atoms with Crippen molar-refractivity contribution in [2.45, 2.75) is 25.2 Å². The number of amides is 1. The lowest BCUT2D eigenvalue weighted by Crippen LogP contribution is -3.15. The molecule has 0 aromatic heterocycles. The lowest BCUT2D eigenvalue weighted by atomic mass is 10.1. The van der Waals surface area contributed by atoms with Gasteiger partial charge in [-0.15, -0.1) is 0 Å². The normalized spacial score (nSPS) is 16.8. The summed E-state index contributed by atoms with van der Waals surface area (Å²) < 4.78 is 53.3. The van der Waals surface area contributed by atoms with Crippen LogP contribution in [0, 0.1) is 17.6 Å². The van der Waals surface area contributed by atoms with E-state index in [1.54, 1.807) is 0 Å². The van der Waals surface area contributed by atoms with Crippen LogP contribution in [0.15, 0.2) is 23.1 Å². The minimum atomic E-state index is -4.09. The Morgan fingerprint density at radius 1 is 1.27 bits per heavy atom. The predicted molar refractivity (Wildman–Crippen MR) is 93.1 cm³/mol. The van der Waals surface area contributed by atoms with Gasteiger partial charge in [0.25, 0.3) is 5.91 Å². The summed E-state index contributed by atoms with van der Waals surface area (Å²) in [4.78, 5) is 12.2. The fraction of sp³-hybridized carbons (Fsp3) is 0.588. The van der Waals surface area contributed by atoms with Gasteiger partial charge in [-0.25, -0.2) is 17.2 Å². The van der Waals surface area contributed by atoms with Gasteiger partial charge in [-0.1, -0.05) is 13.8 Å². The summed E-state index contributed by atoms with van der Waals surface area (Å²) in [5.41, 5.74) is 0. The quantitative estimate of drug-likeness (QED) is 0.690. The summed E-state index contributed by atoms with van der Waals surface area (Å²) in [5, 5.41) is 2.86. The Morgan fingerprint density at radius 2 is 1.92 bits per heavy atom. The van der Waals surface area contributed by atoms with Crippen molar-refractivity contribution in [3.63, 3.8) is 0 Å². The first-order valence-corrected chi connectivity index (χ1v) is 10.2. The molecule has 0 saturated carbocycles. The number of piperazine rings is 1. The second-order valence-electron chi connectivity index (χ2n) is 6.94. The van der Waals surface area contributed by atoms with E-state index in [1.807, 2.05) is 0 Å². The summed E-state index contributed by atoms with van der Waals surface area (Å²) in [6.07, 6.45) is 0.909. The first-order valence-electron chi connectivity index (χ1n) is 8.75. The Kier molecular flexibility index (Phi) is 7.08. The van der Waals surface area contributed by atoms with E-state index >= 15 is 0 Å². The van der Waals surface area contributed by atoms with Crippen LogP contribution in [-0.2, 0) is 14.8 Å². The molecule has 146 valence electrons. The first-order chi connectivity index (χ1) is 12.2. The number of carbonyl (C=O) groups is 1. The zero-order valence-electron chi connectivity index (χ0n) is 15.1. The van der Waals surface area contributed by atoms with Gasteiger partial charge in [0.2, 0.25) is 10.0 Å². The van der Waals surface area contributed by atoms with Gasteiger partial charge in [0, 0.05) is 6.54 Å². The monoisotopic (exact) mass is 390 g/mol. The molecule has 1 saturated heterocycles. The van der Waals surface area contributed by atoms with Crippen molar-refractivity contribution in [2.24, 2.45) is 5.92 Å². The van der Waals surface area contributed by atoms with Crippen molar-refractivity contribution in [3.05, 3.63) is 29.8 Å². The summed E-state index contributed by atoms with van der Waals surface area (Å²) >= 11 is 0. The molecule has 1 fully saturated rings. The molecule has 6 nitrogen and oxygen atoms in total. The topological polar surface area (TPSA) is 70.9 Å². The molecule has 1 aliphatic heterocycles. The summed E-state index contributed by atoms with van der Waals surface area (Å²) in [5.74, 6) is -1.31. The van der Waals surface area contributed by atoms with Crippen molar-refractivity contribution in [1.29, 1.82) is 0 Å². The molecule has 2 rings (SSSR count). The van der Waals surface area contributed by atoms with Crippen LogP contribution in [0.4, 0.5) is 8.78 Å². The molecular weight excluding hydrogens is 364 g/mol. The van der Waals surface area contributed by atoms with E-state index in [4.69, 9.17) is 0 Å². The van der Waals surface area contributed by atoms with Crippen molar-refractivity contribution < 1.29 is 26.9 Å². The van der Waals surface area contributed by atoms with Crippen molar-refractivity contribution in [2.75, 3.05) is 39.3 Å². The van der Waals surface area contributed by atoms with Gasteiger partial charge in [-0.3, -0.25) is 4.79 Å². The zero-order chi connectivity index (χ0) is 19.3. The Labute approximate surface area is 153 Å². The van der Waals surface area contributed by atoms with E-state index in [0.29, 0.717) is 31.6 Å². The molecule has 1 heterocycles. The Bertz CT molecular complexity index is 733. The number of rotatable bonds is 7. The fourth-order valence-corrected chi connectivity index (χ4v) is 4.34. The highest BCUT2D eigenvalue weighted by atomic mass is 32.2. The first kappa shape index (κ1) is 20.7. The molecule has 1 aromatic carbocycles. The van der Waals surface area contributed by atoms with Gasteiger partial charge < -0.3 is 10.2 Å². The standard InChI is InChI=1S/C17H25F2N3O3S/c1-13(2)5-6-20-17(23)12-21-7-9-22(10-8-21)26(24,25)16-11-14(18)3-4-15(16)19/h3-4,11,13H,5-10,12H2,1-2H3,(H,20,23)/p+1. The fourth-order valence-electron chi connectivity index (χ4n) is 2.82. The number of carbonyl (C=O) groups excluding carboxylic acids is 1. The predicted octanol–water partition coefficient (Wildman–Crippen LogP) is 0.0163. The van der Waals surface area contributed by atoms with Crippen LogP contribution >= 0.6 is 0 Å². The molecule has 9 heteroatoms. The highest BCUT2D eigenvalue weighted by Crippen LogP contribution is 2.20. The average molecular weight is 390 g/mol. The molecule has 0 spiro atoms. The molecule has 26 heavy (non-hydrogen) atoms. The maximum atomic E-state index is 13.8. The van der Waals surface area contributed by atoms with Crippen LogP contribution in [0.3, 0.4) is 0 Å². The smallest absolute Gasteiger partial charge is 0.275 e. The summed E-state index contributed by atoms with van der Waals surface area (Å²) in [7, 11) is -4.09. The van der Waals surface area contributed by atoms with E-state index in [9.17, 15) is 22.0 Å². The van der Waals surface area contributed by atoms with Crippen LogP contribution in [0.2, 0.25) is 0 Å². The maximum absolute atomic E-state index is 13.8. The van der Waals surface area contributed by atoms with E-state index in [0.717, 1.165) is 27.8 Å². The van der Waals surface area contributed by atoms with Crippen LogP contribution < -0.4 is 10.2 Å². The maximum Gasteiger partial charge on any atom is 0.275 e. The summed E-state index contributed by atoms with van der Waals surface area (Å²) in [6, 6.07) is 2.39. The molecule has 1 aliphatic rings. The van der Waals surface area contributed by atoms with Crippen molar-refractivity contribution in [3.8, 4) is 0 Å². The second kappa shape index (κ2) is 8.88. The Balaban J connectivity index is 1.89. The zero-order valence-corrected chi connectivity index (χ0v) is 15.9. The van der Waals surface area contributed by atoms with Gasteiger partial charge in [0.1, 0.15) is 16.5 Å². The Hall–Kier alpha value is -1.58. The molecule has 0 unspecified atom stereocenters. The third-order valence-electron chi connectivity index (χ3n) is 4.40. The molecule has 1 amide bonds. The van der Waals surface area contributed by atoms with E-state index in [-0.39, 0.29) is 25.5 Å². The van der Waals surface area contributed by atoms with Gasteiger partial charge in [-0.05, 0) is 30.5 Å². The lowest BCUT2D eigenvalue weighted by Gasteiger charge is -2.31. The second-order valence-corrected chi connectivity index (χ2v) is 8.84. The molecule has 1 aromatic rings. The van der Waals surface area contributed by atoms with Gasteiger partial charge in [-0.2, -0.15) is 4.31 Å². The van der Waals surface area contributed by atoms with E-state index in [1.165, 1.54) is 0 Å². The molecule has 0 radical (unpaired) electrons. The number of nitrogens with zero attached hydrogens (tertiary/aromatic N) is 1. The van der Waals surface area contributed by atoms with E-state index < -0.39 is 26.6 Å². The minimum absolute atomic E-state index is 0.0619. The van der Waals surface area contributed by atoms with Crippen LogP contribution in [0.1, 0.15) is 20.3 Å². The number of hydrogen-bond donors (Lipinski definition) is 2. The number of benzene rings is 1. The van der Waals surface area contributed by atoms with Crippen LogP contribution in [0.25, 0.3) is 0 Å². The van der Waals surface area contributed by atoms with Gasteiger partial charge in [0.15, 0.2) is 6.54 Å². The molecule has 0 atom stereocenters. The van der Waals surface area contributed by atoms with Crippen molar-refractivity contribution >= 4 is 15.9 Å². The minimum Gasteiger partial charge on any atom is -0.351 e. The number of quaternary nitrogens is 1. The SMILES string of the molecule is CC(C)CCNC(=O)C[NH+]1CCN(S(=O)(=O)c2cc(F)ccc2F)CC1. The number of sulfonamides is 1. The number of nitrogens with one attached hydrogen (secondary N) is 2. The molecular formula is C17H26F2N3O3S+. The van der Waals surface area contributed by atoms with Gasteiger partial charge in [0.05, 0.1) is 26.2 Å².